The summed E-state index contributed by atoms with van der Waals surface area (Å²) in [5.41, 5.74) is 4.61. The number of esters is 1. The highest BCUT2D eigenvalue weighted by Crippen LogP contribution is 2.17. The minimum atomic E-state index is -0.404. The molecule has 0 bridgehead atoms. The maximum absolute atomic E-state index is 13.1. The van der Waals surface area contributed by atoms with Gasteiger partial charge in [0.1, 0.15) is 5.82 Å². The van der Waals surface area contributed by atoms with Gasteiger partial charge in [0.25, 0.3) is 0 Å². The summed E-state index contributed by atoms with van der Waals surface area (Å²) in [6.07, 6.45) is 1.56. The number of anilines is 4. The van der Waals surface area contributed by atoms with Crippen LogP contribution in [0.1, 0.15) is 15.9 Å². The summed E-state index contributed by atoms with van der Waals surface area (Å²) in [5, 5.41) is 7.13. The Morgan fingerprint density at radius 1 is 1.03 bits per heavy atom. The van der Waals surface area contributed by atoms with Crippen LogP contribution >= 0.6 is 0 Å². The van der Waals surface area contributed by atoms with E-state index in [4.69, 9.17) is 0 Å². The Hall–Kier alpha value is -4.08. The minimum absolute atomic E-state index is 0.223. The number of halogens is 1. The summed E-state index contributed by atoms with van der Waals surface area (Å²) in [5.74, 6) is 0.177. The maximum Gasteiger partial charge on any atom is 0.337 e. The molecule has 10 heteroatoms. The number of aromatic nitrogens is 3. The number of carbonyl (C=O) groups is 1. The quantitative estimate of drug-likeness (QED) is 0.349. The molecule has 0 saturated heterocycles. The van der Waals surface area contributed by atoms with Gasteiger partial charge in [-0.2, -0.15) is 20.1 Å². The smallest absolute Gasteiger partial charge is 0.337 e. The molecule has 0 spiro atoms. The number of benzene rings is 2. The zero-order valence-electron chi connectivity index (χ0n) is 16.6. The van der Waals surface area contributed by atoms with E-state index in [1.54, 1.807) is 61.6 Å². The van der Waals surface area contributed by atoms with Gasteiger partial charge in [-0.3, -0.25) is 0 Å². The van der Waals surface area contributed by atoms with E-state index in [9.17, 15) is 9.18 Å². The predicted molar refractivity (Wildman–Crippen MR) is 113 cm³/mol. The second-order valence-electron chi connectivity index (χ2n) is 6.29. The third-order valence-corrected chi connectivity index (χ3v) is 3.83. The van der Waals surface area contributed by atoms with Crippen molar-refractivity contribution in [1.29, 1.82) is 0 Å². The maximum atomic E-state index is 13.1. The molecular formula is C20H20FN7O2. The molecule has 3 rings (SSSR count). The standard InChI is InChI=1S/C20H20FN7O2/c1-28(2)20-25-18(23-16-10-8-15(21)9-11-16)24-19(26-20)27-22-12-13-4-6-14(7-5-13)17(29)30-3/h4-12H,1-3H3,(H2,23,24,25,26,27)/b22-12-. The van der Waals surface area contributed by atoms with Crippen molar-refractivity contribution in [2.24, 2.45) is 5.10 Å². The van der Waals surface area contributed by atoms with Crippen LogP contribution in [0.25, 0.3) is 0 Å². The van der Waals surface area contributed by atoms with Crippen LogP contribution in [0.4, 0.5) is 27.9 Å². The minimum Gasteiger partial charge on any atom is -0.465 e. The fourth-order valence-electron chi connectivity index (χ4n) is 2.32. The van der Waals surface area contributed by atoms with E-state index < -0.39 is 5.97 Å². The van der Waals surface area contributed by atoms with Crippen LogP contribution < -0.4 is 15.6 Å². The molecule has 0 aliphatic carbocycles. The van der Waals surface area contributed by atoms with E-state index in [2.05, 4.69) is 35.5 Å². The third kappa shape index (κ3) is 5.47. The van der Waals surface area contributed by atoms with Crippen molar-refractivity contribution >= 4 is 35.7 Å². The van der Waals surface area contributed by atoms with Gasteiger partial charge < -0.3 is 15.0 Å². The van der Waals surface area contributed by atoms with Gasteiger partial charge in [-0.15, -0.1) is 0 Å². The molecule has 2 N–H and O–H groups in total. The zero-order chi connectivity index (χ0) is 21.5. The number of carbonyl (C=O) groups excluding carboxylic acids is 1. The summed E-state index contributed by atoms with van der Waals surface area (Å²) < 4.78 is 17.8. The highest BCUT2D eigenvalue weighted by molar-refractivity contribution is 5.90. The molecule has 0 amide bonds. The normalized spacial score (nSPS) is 10.7. The van der Waals surface area contributed by atoms with Gasteiger partial charge in [0.05, 0.1) is 18.9 Å². The highest BCUT2D eigenvalue weighted by Gasteiger charge is 2.08. The lowest BCUT2D eigenvalue weighted by atomic mass is 10.1. The van der Waals surface area contributed by atoms with Crippen LogP contribution in [0.5, 0.6) is 0 Å². The second-order valence-corrected chi connectivity index (χ2v) is 6.29. The Bertz CT molecular complexity index is 1040. The van der Waals surface area contributed by atoms with Gasteiger partial charge in [0.2, 0.25) is 17.8 Å². The summed E-state index contributed by atoms with van der Waals surface area (Å²) >= 11 is 0. The first-order valence-electron chi connectivity index (χ1n) is 8.88. The van der Waals surface area contributed by atoms with Crippen molar-refractivity contribution in [3.05, 3.63) is 65.5 Å². The van der Waals surface area contributed by atoms with Crippen molar-refractivity contribution < 1.29 is 13.9 Å². The molecule has 154 valence electrons. The SMILES string of the molecule is COC(=O)c1ccc(/C=N\Nc2nc(Nc3ccc(F)cc3)nc(N(C)C)n2)cc1. The lowest BCUT2D eigenvalue weighted by Gasteiger charge is -2.13. The second kappa shape index (κ2) is 9.41. The topological polar surface area (TPSA) is 105 Å². The molecule has 2 aromatic carbocycles. The van der Waals surface area contributed by atoms with Crippen LogP contribution in [-0.4, -0.2) is 48.3 Å². The average molecular weight is 409 g/mol. The Morgan fingerprint density at radius 3 is 2.33 bits per heavy atom. The Morgan fingerprint density at radius 2 is 1.70 bits per heavy atom. The summed E-state index contributed by atoms with van der Waals surface area (Å²) in [6, 6.07) is 12.6. The van der Waals surface area contributed by atoms with Crippen molar-refractivity contribution in [2.45, 2.75) is 0 Å². The fraction of sp³-hybridized carbons (Fsp3) is 0.150. The monoisotopic (exact) mass is 409 g/mol. The van der Waals surface area contributed by atoms with E-state index in [-0.39, 0.29) is 17.7 Å². The molecule has 3 aromatic rings. The van der Waals surface area contributed by atoms with Gasteiger partial charge in [0.15, 0.2) is 0 Å². The number of hydrazone groups is 1. The number of nitrogens with one attached hydrogen (secondary N) is 2. The van der Waals surface area contributed by atoms with Crippen LogP contribution in [0.3, 0.4) is 0 Å². The molecule has 0 atom stereocenters. The lowest BCUT2D eigenvalue weighted by Crippen LogP contribution is -2.15. The van der Waals surface area contributed by atoms with Gasteiger partial charge in [-0.1, -0.05) is 12.1 Å². The highest BCUT2D eigenvalue weighted by atomic mass is 19.1. The molecule has 0 fully saturated rings. The number of ether oxygens (including phenoxy) is 1. The Labute approximate surface area is 172 Å². The van der Waals surface area contributed by atoms with Gasteiger partial charge in [0, 0.05) is 19.8 Å². The molecule has 0 aliphatic rings. The van der Waals surface area contributed by atoms with Crippen LogP contribution in [0.2, 0.25) is 0 Å². The van der Waals surface area contributed by atoms with Crippen LogP contribution in [0.15, 0.2) is 53.6 Å². The van der Waals surface area contributed by atoms with Crippen LogP contribution in [-0.2, 0) is 4.74 Å². The van der Waals surface area contributed by atoms with Gasteiger partial charge >= 0.3 is 5.97 Å². The number of nitrogens with zero attached hydrogens (tertiary/aromatic N) is 5. The van der Waals surface area contributed by atoms with E-state index in [1.165, 1.54) is 19.2 Å². The molecule has 1 heterocycles. The number of methoxy groups -OCH3 is 1. The van der Waals surface area contributed by atoms with Gasteiger partial charge in [-0.25, -0.2) is 14.6 Å². The van der Waals surface area contributed by atoms with Crippen molar-refractivity contribution in [3.8, 4) is 0 Å². The molecule has 0 aliphatic heterocycles. The predicted octanol–water partition coefficient (Wildman–Crippen LogP) is 3.05. The van der Waals surface area contributed by atoms with E-state index in [0.717, 1.165) is 5.56 Å². The largest absolute Gasteiger partial charge is 0.465 e. The number of hydrogen-bond donors (Lipinski definition) is 2. The Balaban J connectivity index is 1.74. The number of rotatable bonds is 7. The van der Waals surface area contributed by atoms with Crippen molar-refractivity contribution in [2.75, 3.05) is 36.8 Å². The first-order chi connectivity index (χ1) is 14.4. The third-order valence-electron chi connectivity index (χ3n) is 3.83. The van der Waals surface area contributed by atoms with E-state index in [1.807, 2.05) is 0 Å². The van der Waals surface area contributed by atoms with Crippen molar-refractivity contribution in [1.82, 2.24) is 15.0 Å². The van der Waals surface area contributed by atoms with E-state index >= 15 is 0 Å². The first-order valence-corrected chi connectivity index (χ1v) is 8.88. The molecule has 0 radical (unpaired) electrons. The number of hydrogen-bond acceptors (Lipinski definition) is 9. The molecule has 30 heavy (non-hydrogen) atoms. The van der Waals surface area contributed by atoms with Crippen LogP contribution in [0, 0.1) is 5.82 Å². The summed E-state index contributed by atoms with van der Waals surface area (Å²) in [7, 11) is 4.93. The zero-order valence-corrected chi connectivity index (χ0v) is 16.6. The molecule has 0 saturated carbocycles. The molecule has 1 aromatic heterocycles. The van der Waals surface area contributed by atoms with Crippen molar-refractivity contribution in [3.63, 3.8) is 0 Å². The summed E-state index contributed by atoms with van der Waals surface area (Å²) in [4.78, 5) is 26.1. The molecular weight excluding hydrogens is 389 g/mol. The Kier molecular flexibility index (Phi) is 6.48. The molecule has 0 unspecified atom stereocenters. The summed E-state index contributed by atoms with van der Waals surface area (Å²) in [6.45, 7) is 0. The molecule has 9 nitrogen and oxygen atoms in total. The van der Waals surface area contributed by atoms with E-state index in [0.29, 0.717) is 17.2 Å². The van der Waals surface area contributed by atoms with Gasteiger partial charge in [-0.05, 0) is 42.0 Å². The lowest BCUT2D eigenvalue weighted by molar-refractivity contribution is 0.0600. The first kappa shape index (κ1) is 20.6. The fourth-order valence-corrected chi connectivity index (χ4v) is 2.32. The average Bonchev–Trinajstić information content (AvgIpc) is 2.75.